The summed E-state index contributed by atoms with van der Waals surface area (Å²) in [7, 11) is 1.87. The Balaban J connectivity index is 2.09. The van der Waals surface area contributed by atoms with Crippen molar-refractivity contribution in [2.45, 2.75) is 13.5 Å². The zero-order chi connectivity index (χ0) is 22.1. The smallest absolute Gasteiger partial charge is 0.269 e. The Morgan fingerprint density at radius 3 is 2.37 bits per heavy atom. The van der Waals surface area contributed by atoms with E-state index in [-0.39, 0.29) is 4.91 Å². The molecule has 2 aromatic carbocycles. The van der Waals surface area contributed by atoms with Crippen molar-refractivity contribution in [1.82, 2.24) is 0 Å². The molecule has 0 aliphatic carbocycles. The lowest BCUT2D eigenvalue weighted by Gasteiger charge is -2.30. The molecule has 0 spiro atoms. The van der Waals surface area contributed by atoms with Crippen molar-refractivity contribution in [3.05, 3.63) is 52.4 Å². The highest BCUT2D eigenvalue weighted by Gasteiger charge is 2.38. The van der Waals surface area contributed by atoms with E-state index in [9.17, 15) is 13.2 Å². The lowest BCUT2D eigenvalue weighted by Crippen LogP contribution is -2.36. The second-order valence-corrected chi connectivity index (χ2v) is 8.64. The number of fused-ring (bicyclic) bond motifs is 1. The summed E-state index contributed by atoms with van der Waals surface area (Å²) < 4.78 is 43.1. The quantitative estimate of drug-likeness (QED) is 0.754. The number of allylic oxidation sites excluding steroid dienone is 1. The van der Waals surface area contributed by atoms with E-state index in [4.69, 9.17) is 14.2 Å². The number of rotatable bonds is 6. The van der Waals surface area contributed by atoms with Crippen LogP contribution in [0.25, 0.3) is 5.57 Å². The van der Waals surface area contributed by atoms with Gasteiger partial charge in [0.25, 0.3) is 15.9 Å². The number of carbonyl (C=O) groups is 1. The Hall–Kier alpha value is -3.04. The van der Waals surface area contributed by atoms with Crippen LogP contribution in [0.1, 0.15) is 18.1 Å². The lowest BCUT2D eigenvalue weighted by atomic mass is 10.0. The van der Waals surface area contributed by atoms with Gasteiger partial charge in [-0.1, -0.05) is 12.1 Å². The molecule has 1 N–H and O–H groups in total. The van der Waals surface area contributed by atoms with Gasteiger partial charge in [-0.05, 0) is 36.3 Å². The molecule has 0 unspecified atom stereocenters. The molecule has 1 aliphatic heterocycles. The number of nitrogens with one attached hydrogen (secondary N) is 1. The molecule has 2 aromatic rings. The fraction of sp³-hybridized carbons (Fsp3) is 0.286. The molecule has 3 rings (SSSR count). The zero-order valence-corrected chi connectivity index (χ0v) is 18.3. The molecule has 0 bridgehead atoms. The van der Waals surface area contributed by atoms with Crippen LogP contribution in [-0.4, -0.2) is 42.7 Å². The van der Waals surface area contributed by atoms with E-state index in [0.717, 1.165) is 9.87 Å². The monoisotopic (exact) mass is 432 g/mol. The lowest BCUT2D eigenvalue weighted by molar-refractivity contribution is -0.112. The molecular formula is C21H24N2O6S. The standard InChI is InChI=1S/C21H24N2O6S/c1-13-16-10-18(28-4)19(29-5)11-17(16)23(2)30(25,26)20(13)21(24)22-15-8-6-7-14(9-15)12-27-3/h6-11H,12H2,1-5H3,(H,22,24). The number of hydrogen-bond acceptors (Lipinski definition) is 6. The van der Waals surface area contributed by atoms with Crippen LogP contribution in [0, 0.1) is 0 Å². The van der Waals surface area contributed by atoms with Gasteiger partial charge < -0.3 is 19.5 Å². The van der Waals surface area contributed by atoms with E-state index in [1.54, 1.807) is 44.4 Å². The third kappa shape index (κ3) is 3.73. The van der Waals surface area contributed by atoms with E-state index >= 15 is 0 Å². The zero-order valence-electron chi connectivity index (χ0n) is 17.5. The molecule has 9 heteroatoms. The summed E-state index contributed by atoms with van der Waals surface area (Å²) in [6.45, 7) is 1.98. The van der Waals surface area contributed by atoms with E-state index in [1.807, 2.05) is 6.07 Å². The van der Waals surface area contributed by atoms with Crippen molar-refractivity contribution < 1.29 is 27.4 Å². The van der Waals surface area contributed by atoms with Crippen molar-refractivity contribution in [2.24, 2.45) is 0 Å². The largest absolute Gasteiger partial charge is 0.493 e. The minimum Gasteiger partial charge on any atom is -0.493 e. The first-order valence-electron chi connectivity index (χ1n) is 9.10. The molecule has 0 radical (unpaired) electrons. The van der Waals surface area contributed by atoms with E-state index in [2.05, 4.69) is 5.32 Å². The highest BCUT2D eigenvalue weighted by molar-refractivity contribution is 7.97. The molecule has 0 saturated heterocycles. The number of anilines is 2. The molecular weight excluding hydrogens is 408 g/mol. The molecule has 1 aliphatic rings. The van der Waals surface area contributed by atoms with Gasteiger partial charge in [0.05, 0.1) is 26.5 Å². The van der Waals surface area contributed by atoms with E-state index in [1.165, 1.54) is 21.3 Å². The number of carbonyl (C=O) groups excluding carboxylic acids is 1. The van der Waals surface area contributed by atoms with Crippen molar-refractivity contribution >= 4 is 32.9 Å². The number of benzene rings is 2. The maximum absolute atomic E-state index is 13.2. The molecule has 30 heavy (non-hydrogen) atoms. The predicted octanol–water partition coefficient (Wildman–Crippen LogP) is 3.00. The number of ether oxygens (including phenoxy) is 3. The van der Waals surface area contributed by atoms with Crippen molar-refractivity contribution in [3.63, 3.8) is 0 Å². The van der Waals surface area contributed by atoms with Crippen molar-refractivity contribution in [2.75, 3.05) is 38.0 Å². The average molecular weight is 432 g/mol. The third-order valence-corrected chi connectivity index (χ3v) is 6.83. The number of methoxy groups -OCH3 is 3. The van der Waals surface area contributed by atoms with E-state index < -0.39 is 15.9 Å². The van der Waals surface area contributed by atoms with Gasteiger partial charge in [0, 0.05) is 31.5 Å². The third-order valence-electron chi connectivity index (χ3n) is 4.91. The van der Waals surface area contributed by atoms with Gasteiger partial charge in [0.2, 0.25) is 0 Å². The summed E-state index contributed by atoms with van der Waals surface area (Å²) >= 11 is 0. The Bertz CT molecular complexity index is 1120. The highest BCUT2D eigenvalue weighted by Crippen LogP contribution is 2.44. The molecule has 0 fully saturated rings. The van der Waals surface area contributed by atoms with Crippen molar-refractivity contribution in [3.8, 4) is 11.5 Å². The first-order valence-corrected chi connectivity index (χ1v) is 10.5. The Morgan fingerprint density at radius 1 is 1.07 bits per heavy atom. The summed E-state index contributed by atoms with van der Waals surface area (Å²) in [4.78, 5) is 12.7. The maximum atomic E-state index is 13.2. The average Bonchev–Trinajstić information content (AvgIpc) is 2.71. The summed E-state index contributed by atoms with van der Waals surface area (Å²) in [5, 5.41) is 2.68. The Kier molecular flexibility index (Phi) is 6.04. The number of hydrogen-bond donors (Lipinski definition) is 1. The summed E-state index contributed by atoms with van der Waals surface area (Å²) in [6, 6.07) is 10.3. The van der Waals surface area contributed by atoms with Gasteiger partial charge in [0.15, 0.2) is 16.4 Å². The first-order chi connectivity index (χ1) is 14.2. The summed E-state index contributed by atoms with van der Waals surface area (Å²) in [5.74, 6) is 0.124. The fourth-order valence-corrected chi connectivity index (χ4v) is 4.86. The normalized spacial score (nSPS) is 14.9. The number of amides is 1. The van der Waals surface area contributed by atoms with Gasteiger partial charge in [-0.2, -0.15) is 0 Å². The molecule has 0 saturated carbocycles. The van der Waals surface area contributed by atoms with Crippen LogP contribution in [0.3, 0.4) is 0 Å². The molecule has 0 atom stereocenters. The van der Waals surface area contributed by atoms with Gasteiger partial charge in [-0.3, -0.25) is 9.10 Å². The highest BCUT2D eigenvalue weighted by atomic mass is 32.2. The van der Waals surface area contributed by atoms with Crippen LogP contribution in [0.15, 0.2) is 41.3 Å². The SMILES string of the molecule is COCc1cccc(NC(=O)C2=C(C)c3cc(OC)c(OC)cc3N(C)S2(=O)=O)c1. The second-order valence-electron chi connectivity index (χ2n) is 6.74. The van der Waals surface area contributed by atoms with Gasteiger partial charge in [-0.15, -0.1) is 0 Å². The molecule has 0 aromatic heterocycles. The number of nitrogens with zero attached hydrogens (tertiary/aromatic N) is 1. The Labute approximate surface area is 176 Å². The van der Waals surface area contributed by atoms with Crippen LogP contribution in [0.2, 0.25) is 0 Å². The second kappa shape index (κ2) is 8.37. The summed E-state index contributed by atoms with van der Waals surface area (Å²) in [5.41, 5.74) is 2.64. The number of sulfonamides is 1. The minimum absolute atomic E-state index is 0.318. The van der Waals surface area contributed by atoms with Gasteiger partial charge in [-0.25, -0.2) is 8.42 Å². The molecule has 1 amide bonds. The maximum Gasteiger partial charge on any atom is 0.269 e. The predicted molar refractivity (Wildman–Crippen MR) is 115 cm³/mol. The summed E-state index contributed by atoms with van der Waals surface area (Å²) in [6.07, 6.45) is 0. The van der Waals surface area contributed by atoms with Crippen LogP contribution in [0.4, 0.5) is 11.4 Å². The van der Waals surface area contributed by atoms with Gasteiger partial charge in [0.1, 0.15) is 0 Å². The molecule has 8 nitrogen and oxygen atoms in total. The van der Waals surface area contributed by atoms with Crippen LogP contribution >= 0.6 is 0 Å². The molecule has 160 valence electrons. The Morgan fingerprint density at radius 2 is 1.73 bits per heavy atom. The van der Waals surface area contributed by atoms with Crippen molar-refractivity contribution in [1.29, 1.82) is 0 Å². The topological polar surface area (TPSA) is 94.2 Å². The molecule has 1 heterocycles. The van der Waals surface area contributed by atoms with Crippen LogP contribution in [0.5, 0.6) is 11.5 Å². The fourth-order valence-electron chi connectivity index (χ4n) is 3.39. The first kappa shape index (κ1) is 21.7. The van der Waals surface area contributed by atoms with Crippen LogP contribution < -0.4 is 19.1 Å². The minimum atomic E-state index is -4.07. The van der Waals surface area contributed by atoms with Gasteiger partial charge >= 0.3 is 0 Å². The van der Waals surface area contributed by atoms with E-state index in [0.29, 0.717) is 40.6 Å². The van der Waals surface area contributed by atoms with Crippen LogP contribution in [-0.2, 0) is 26.2 Å².